The van der Waals surface area contributed by atoms with Crippen LogP contribution in [0.5, 0.6) is 0 Å². The predicted octanol–water partition coefficient (Wildman–Crippen LogP) is 34.0. The van der Waals surface area contributed by atoms with E-state index in [-0.39, 0.29) is 0 Å². The van der Waals surface area contributed by atoms with Crippen LogP contribution in [0.4, 0.5) is 0 Å². The Morgan fingerprint density at radius 1 is 0.148 bits per heavy atom. The molecule has 10 nitrogen and oxygen atoms in total. The van der Waals surface area contributed by atoms with Crippen LogP contribution in [0.15, 0.2) is 473 Å². The van der Waals surface area contributed by atoms with Crippen molar-refractivity contribution in [2.75, 3.05) is 0 Å². The van der Waals surface area contributed by atoms with E-state index in [0.717, 1.165) is 129 Å². The van der Waals surface area contributed by atoms with E-state index >= 15 is 0 Å². The van der Waals surface area contributed by atoms with Crippen molar-refractivity contribution in [2.24, 2.45) is 0 Å². The van der Waals surface area contributed by atoms with Crippen LogP contribution in [-0.2, 0) is 0 Å². The van der Waals surface area contributed by atoms with Gasteiger partial charge < -0.3 is 9.13 Å². The van der Waals surface area contributed by atoms with Crippen LogP contribution in [-0.4, -0.2) is 48.2 Å². The molecule has 0 saturated carbocycles. The van der Waals surface area contributed by atoms with Crippen molar-refractivity contribution in [1.82, 2.24) is 48.2 Å². The van der Waals surface area contributed by atoms with E-state index < -0.39 is 0 Å². The van der Waals surface area contributed by atoms with Crippen molar-refractivity contribution in [3.8, 4) is 146 Å². The van der Waals surface area contributed by atoms with E-state index in [0.29, 0.717) is 0 Å². The number of nitrogens with zero attached hydrogens (tertiary/aromatic N) is 10. The van der Waals surface area contributed by atoms with Crippen molar-refractivity contribution >= 4 is 153 Å². The molecule has 0 atom stereocenters. The highest BCUT2D eigenvalue weighted by molar-refractivity contribution is 6.35. The third kappa shape index (κ3) is 11.8. The topological polar surface area (TPSA) is 97.1 Å². The van der Waals surface area contributed by atoms with E-state index in [1.165, 1.54) is 170 Å². The van der Waals surface area contributed by atoms with Crippen molar-refractivity contribution in [3.05, 3.63) is 473 Å². The zero-order valence-electron chi connectivity index (χ0n) is 76.5. The summed E-state index contributed by atoms with van der Waals surface area (Å²) in [6.45, 7) is 0. The number of fused-ring (bicyclic) bond motifs is 15. The molecule has 0 radical (unpaired) electrons. The Kier molecular flexibility index (Phi) is 17.4. The molecule has 0 unspecified atom stereocenters. The summed E-state index contributed by atoms with van der Waals surface area (Å²) in [5, 5.41) is 18.8. The first-order chi connectivity index (χ1) is 70.5. The van der Waals surface area contributed by atoms with E-state index in [1.807, 2.05) is 54.6 Å². The first kappa shape index (κ1) is 79.1. The van der Waals surface area contributed by atoms with Gasteiger partial charge in [-0.2, -0.15) is 0 Å². The Balaban J connectivity index is 0.000000100. The molecule has 29 aromatic rings. The standard InChI is InChI=1S/C48H28N4.2C42H25N3/c1-2-13-31(14-3-1)51-40-22-9-6-17-34(40)35-26-24-30(28-43(35)51)47-48(50-39-21-8-7-20-38(39)49-47)52-41-23-11-19-37-33-16-5-4-15-32(33)36-18-10-12-29-25-27-42(52)46(44(29)36)45(37)41;1-3-12-26(13-4-1)29-23-25-36-40-38(29)32-18-8-7-17-30(32)31-19-11-16-27-22-24-35(39(40)37(27)31)45(36)42-41(28-14-5-2-6-15-28)43-33-20-9-10-21-34(33)44-42;1-2-10-27(11-3-1)41-34-15-6-7-18-35(34)43-42(44-41)28-20-23-29(24-21-28)45-36-19-9-17-33-31-14-5-4-13-30(31)32-16-8-12-26-22-25-37(45)40(38(26)32)39(33)36/h1-28H;2*1-25H. The maximum Gasteiger partial charge on any atom is 0.165 e. The normalized spacial score (nSPS) is 12.1. The van der Waals surface area contributed by atoms with E-state index in [2.05, 4.69) is 437 Å². The number of para-hydroxylation sites is 7. The zero-order chi connectivity index (χ0) is 92.9. The number of hydrogen-bond acceptors (Lipinski definition) is 6. The lowest BCUT2D eigenvalue weighted by Crippen LogP contribution is -2.04. The summed E-state index contributed by atoms with van der Waals surface area (Å²) in [4.78, 5) is 31.6. The summed E-state index contributed by atoms with van der Waals surface area (Å²) in [5.41, 5.74) is 40.4. The van der Waals surface area contributed by atoms with Crippen LogP contribution in [0.25, 0.3) is 299 Å². The fourth-order valence-corrected chi connectivity index (χ4v) is 23.7. The number of benzene rings is 22. The van der Waals surface area contributed by atoms with Crippen molar-refractivity contribution in [1.29, 1.82) is 0 Å². The van der Waals surface area contributed by atoms with Gasteiger partial charge in [0.25, 0.3) is 0 Å². The molecule has 3 aliphatic carbocycles. The molecular weight excluding hydrogens is 1730 g/mol. The molecule has 0 bridgehead atoms. The smallest absolute Gasteiger partial charge is 0.165 e. The second-order valence-corrected chi connectivity index (χ2v) is 37.3. The van der Waals surface area contributed by atoms with Crippen molar-refractivity contribution in [2.45, 2.75) is 0 Å². The molecule has 0 fully saturated rings. The molecule has 7 aromatic heterocycles. The molecule has 7 heterocycles. The molecule has 32 rings (SSSR count). The van der Waals surface area contributed by atoms with Gasteiger partial charge in [-0.1, -0.05) is 358 Å². The SMILES string of the molecule is c1ccc(-c2ccc3c4c2-c2ccccc2-c2cccc5ccc(c4c25)n3-c2nc3ccccc3nc2-c2ccccc2)cc1.c1ccc(-c2nc(-c3ccc(-n4c5cccc6c5c5c7c(cccc7ccc54)-c4ccccc4-6)cc3)nc3ccccc23)cc1.c1ccc(-n2c3ccccc3c3ccc(-c4nc5ccccc5nc4-n4c5cccc6c5c5c7c(cccc7ccc54)-c4ccccc4-6)cc32)cc1. The third-order valence-electron chi connectivity index (χ3n) is 29.7. The zero-order valence-corrected chi connectivity index (χ0v) is 76.5. The lowest BCUT2D eigenvalue weighted by atomic mass is 9.88. The Morgan fingerprint density at radius 3 is 1.03 bits per heavy atom. The maximum absolute atomic E-state index is 5.49. The van der Waals surface area contributed by atoms with E-state index in [1.54, 1.807) is 0 Å². The van der Waals surface area contributed by atoms with Gasteiger partial charge in [0.1, 0.15) is 11.4 Å². The summed E-state index contributed by atoms with van der Waals surface area (Å²) >= 11 is 0. The van der Waals surface area contributed by atoms with Gasteiger partial charge in [0.05, 0.1) is 77.4 Å². The molecule has 656 valence electrons. The van der Waals surface area contributed by atoms with Crippen LogP contribution in [0.2, 0.25) is 0 Å². The van der Waals surface area contributed by atoms with Crippen molar-refractivity contribution in [3.63, 3.8) is 0 Å². The minimum absolute atomic E-state index is 0.727. The van der Waals surface area contributed by atoms with E-state index in [9.17, 15) is 0 Å². The maximum atomic E-state index is 5.49. The summed E-state index contributed by atoms with van der Waals surface area (Å²) in [6, 6.07) is 169. The second kappa shape index (κ2) is 31.2. The fourth-order valence-electron chi connectivity index (χ4n) is 23.7. The highest BCUT2D eigenvalue weighted by atomic mass is 15.1. The van der Waals surface area contributed by atoms with E-state index in [4.69, 9.17) is 29.9 Å². The van der Waals surface area contributed by atoms with Crippen LogP contribution in [0.3, 0.4) is 0 Å². The Bertz CT molecular complexity index is 10400. The molecule has 22 aromatic carbocycles. The molecule has 3 aliphatic rings. The lowest BCUT2D eigenvalue weighted by molar-refractivity contribution is 1.08. The number of rotatable bonds is 9. The van der Waals surface area contributed by atoms with Crippen molar-refractivity contribution < 1.29 is 0 Å². The van der Waals surface area contributed by atoms with Crippen LogP contribution >= 0.6 is 0 Å². The molecule has 0 saturated heterocycles. The second-order valence-electron chi connectivity index (χ2n) is 37.3. The van der Waals surface area contributed by atoms with Gasteiger partial charge in [-0.05, 0) is 220 Å². The van der Waals surface area contributed by atoms with Gasteiger partial charge >= 0.3 is 0 Å². The average molecular weight is 1800 g/mol. The fraction of sp³-hybridized carbons (Fsp3) is 0. The first-order valence-corrected chi connectivity index (χ1v) is 48.5. The van der Waals surface area contributed by atoms with Crippen LogP contribution in [0, 0.1) is 0 Å². The molecule has 0 aliphatic heterocycles. The highest BCUT2D eigenvalue weighted by Gasteiger charge is 2.33. The minimum atomic E-state index is 0.727. The molecule has 0 amide bonds. The summed E-state index contributed by atoms with van der Waals surface area (Å²) in [5.74, 6) is 2.39. The summed E-state index contributed by atoms with van der Waals surface area (Å²) in [7, 11) is 0. The Labute approximate surface area is 814 Å². The van der Waals surface area contributed by atoms with Gasteiger partial charge in [-0.25, -0.2) is 29.9 Å². The third-order valence-corrected chi connectivity index (χ3v) is 29.7. The minimum Gasteiger partial charge on any atom is -0.309 e. The molecule has 142 heavy (non-hydrogen) atoms. The van der Waals surface area contributed by atoms with Gasteiger partial charge in [0.2, 0.25) is 0 Å². The van der Waals surface area contributed by atoms with Gasteiger partial charge in [0.15, 0.2) is 17.5 Å². The lowest BCUT2D eigenvalue weighted by Gasteiger charge is -2.17. The molecule has 0 N–H and O–H groups in total. The summed E-state index contributed by atoms with van der Waals surface area (Å²) in [6.07, 6.45) is 0. The highest BCUT2D eigenvalue weighted by Crippen LogP contribution is 2.57. The first-order valence-electron chi connectivity index (χ1n) is 48.5. The predicted molar refractivity (Wildman–Crippen MR) is 589 cm³/mol. The number of aromatic nitrogens is 10. The average Bonchev–Trinajstić information content (AvgIpc) is 1.56. The quantitative estimate of drug-likeness (QED) is 0.143. The molecule has 0 spiro atoms. The largest absolute Gasteiger partial charge is 0.309 e. The van der Waals surface area contributed by atoms with Crippen LogP contribution < -0.4 is 0 Å². The monoisotopic (exact) mass is 1800 g/mol. The van der Waals surface area contributed by atoms with Crippen LogP contribution in [0.1, 0.15) is 0 Å². The van der Waals surface area contributed by atoms with Gasteiger partial charge in [-0.3, -0.25) is 9.13 Å². The molecule has 10 heteroatoms. The van der Waals surface area contributed by atoms with Gasteiger partial charge in [-0.15, -0.1) is 0 Å². The molecular formula is C132H78N10. The number of hydrogen-bond donors (Lipinski definition) is 0. The Morgan fingerprint density at radius 2 is 0.493 bits per heavy atom. The van der Waals surface area contributed by atoms with Gasteiger partial charge in [0, 0.05) is 87.7 Å². The summed E-state index contributed by atoms with van der Waals surface area (Å²) < 4.78 is 9.50. The Hall–Kier alpha value is -19.2.